The quantitative estimate of drug-likeness (QED) is 0.835. The zero-order valence-corrected chi connectivity index (χ0v) is 12.8. The Labute approximate surface area is 119 Å². The molecule has 2 aromatic rings. The van der Waals surface area contributed by atoms with Crippen LogP contribution in [0.15, 0.2) is 48.5 Å². The smallest absolute Gasteiger partial charge is 0.148 e. The third kappa shape index (κ3) is 2.46. The van der Waals surface area contributed by atoms with E-state index in [1.807, 2.05) is 20.8 Å². The normalized spacial score (nSPS) is 12.3. The van der Waals surface area contributed by atoms with Crippen molar-refractivity contribution in [3.8, 4) is 11.5 Å². The molecule has 0 atom stereocenters. The van der Waals surface area contributed by atoms with Crippen LogP contribution in [0.4, 0.5) is 0 Å². The van der Waals surface area contributed by atoms with Gasteiger partial charge in [-0.3, -0.25) is 0 Å². The summed E-state index contributed by atoms with van der Waals surface area (Å²) in [4.78, 5) is 0. The van der Waals surface area contributed by atoms with Crippen molar-refractivity contribution in [1.82, 2.24) is 0 Å². The summed E-state index contributed by atoms with van der Waals surface area (Å²) in [6.07, 6.45) is 0. The second-order valence-electron chi connectivity index (χ2n) is 5.81. The van der Waals surface area contributed by atoms with Gasteiger partial charge in [0.15, 0.2) is 0 Å². The number of hydrogen-bond donors (Lipinski definition) is 2. The maximum absolute atomic E-state index is 13.7. The van der Waals surface area contributed by atoms with Crippen LogP contribution in [0, 0.1) is 0 Å². The first-order valence-corrected chi connectivity index (χ1v) is 8.15. The van der Waals surface area contributed by atoms with E-state index in [1.54, 1.807) is 48.5 Å². The van der Waals surface area contributed by atoms with Gasteiger partial charge in [-0.25, -0.2) is 0 Å². The number of aromatic hydroxyl groups is 2. The maximum Gasteiger partial charge on any atom is 0.148 e. The van der Waals surface area contributed by atoms with Crippen LogP contribution in [0.2, 0.25) is 0 Å². The Morgan fingerprint density at radius 2 is 1.05 bits per heavy atom. The topological polar surface area (TPSA) is 57.5 Å². The van der Waals surface area contributed by atoms with Crippen molar-refractivity contribution in [1.29, 1.82) is 0 Å². The lowest BCUT2D eigenvalue weighted by atomic mass is 10.2. The molecular weight excluding hydrogens is 271 g/mol. The van der Waals surface area contributed by atoms with Gasteiger partial charge in [-0.05, 0) is 48.5 Å². The summed E-state index contributed by atoms with van der Waals surface area (Å²) in [5, 5.41) is 19.8. The maximum atomic E-state index is 13.7. The number of phenols is 2. The molecule has 0 aromatic heterocycles. The lowest BCUT2D eigenvalue weighted by Crippen LogP contribution is -2.30. The summed E-state index contributed by atoms with van der Waals surface area (Å²) in [6, 6.07) is 13.0. The monoisotopic (exact) mass is 290 g/mol. The highest BCUT2D eigenvalue weighted by atomic mass is 31.2. The molecule has 0 spiro atoms. The minimum Gasteiger partial charge on any atom is -0.508 e. The second kappa shape index (κ2) is 4.99. The predicted octanol–water partition coefficient (Wildman–Crippen LogP) is 3.21. The molecular formula is C16H19O3P. The largest absolute Gasteiger partial charge is 0.508 e. The molecule has 20 heavy (non-hydrogen) atoms. The van der Waals surface area contributed by atoms with E-state index >= 15 is 0 Å². The first-order valence-electron chi connectivity index (χ1n) is 6.44. The lowest BCUT2D eigenvalue weighted by Gasteiger charge is -2.32. The molecule has 106 valence electrons. The Morgan fingerprint density at radius 1 is 0.750 bits per heavy atom. The molecule has 2 rings (SSSR count). The molecule has 0 aliphatic heterocycles. The Bertz CT molecular complexity index is 587. The van der Waals surface area contributed by atoms with Gasteiger partial charge >= 0.3 is 0 Å². The molecule has 0 saturated heterocycles. The molecule has 0 saturated carbocycles. The van der Waals surface area contributed by atoms with Gasteiger partial charge in [-0.2, -0.15) is 0 Å². The highest BCUT2D eigenvalue weighted by Crippen LogP contribution is 2.55. The van der Waals surface area contributed by atoms with Crippen LogP contribution < -0.4 is 10.6 Å². The van der Waals surface area contributed by atoms with Crippen LogP contribution in [0.3, 0.4) is 0 Å². The first-order chi connectivity index (χ1) is 9.25. The van der Waals surface area contributed by atoms with Gasteiger partial charge in [0.25, 0.3) is 0 Å². The fourth-order valence-electron chi connectivity index (χ4n) is 2.25. The fourth-order valence-corrected chi connectivity index (χ4v) is 5.23. The SMILES string of the molecule is CC(C)(C)P(=O)(c1ccc(O)cc1)c1ccc(O)cc1. The van der Waals surface area contributed by atoms with Gasteiger partial charge in [-0.1, -0.05) is 20.8 Å². The lowest BCUT2D eigenvalue weighted by molar-refractivity contribution is 0.475. The molecule has 0 unspecified atom stereocenters. The van der Waals surface area contributed by atoms with E-state index in [2.05, 4.69) is 0 Å². The van der Waals surface area contributed by atoms with Crippen LogP contribution in [-0.4, -0.2) is 15.4 Å². The zero-order valence-electron chi connectivity index (χ0n) is 11.9. The third-order valence-electron chi connectivity index (χ3n) is 3.37. The van der Waals surface area contributed by atoms with Gasteiger partial charge in [0.1, 0.15) is 18.6 Å². The Kier molecular flexibility index (Phi) is 3.66. The molecule has 2 N–H and O–H groups in total. The van der Waals surface area contributed by atoms with Gasteiger partial charge in [0.2, 0.25) is 0 Å². The Balaban J connectivity index is 2.66. The van der Waals surface area contributed by atoms with Crippen molar-refractivity contribution in [2.24, 2.45) is 0 Å². The van der Waals surface area contributed by atoms with Gasteiger partial charge in [0.05, 0.1) is 0 Å². The van der Waals surface area contributed by atoms with Crippen molar-refractivity contribution >= 4 is 17.8 Å². The van der Waals surface area contributed by atoms with Crippen LogP contribution in [-0.2, 0) is 4.57 Å². The molecule has 0 amide bonds. The highest BCUT2D eigenvalue weighted by molar-refractivity contribution is 7.80. The van der Waals surface area contributed by atoms with Crippen molar-refractivity contribution in [2.75, 3.05) is 0 Å². The molecule has 0 aliphatic carbocycles. The first kappa shape index (κ1) is 14.7. The molecule has 4 heteroatoms. The van der Waals surface area contributed by atoms with Crippen molar-refractivity contribution in [3.05, 3.63) is 48.5 Å². The predicted molar refractivity (Wildman–Crippen MR) is 82.8 cm³/mol. The minimum atomic E-state index is -2.87. The van der Waals surface area contributed by atoms with Crippen molar-refractivity contribution < 1.29 is 14.8 Å². The zero-order chi connectivity index (χ0) is 15.0. The van der Waals surface area contributed by atoms with Gasteiger partial charge < -0.3 is 14.8 Å². The highest BCUT2D eigenvalue weighted by Gasteiger charge is 2.39. The summed E-state index contributed by atoms with van der Waals surface area (Å²) in [7, 11) is -2.87. The van der Waals surface area contributed by atoms with E-state index in [0.717, 1.165) is 0 Å². The number of rotatable bonds is 2. The number of hydrogen-bond acceptors (Lipinski definition) is 3. The molecule has 0 radical (unpaired) electrons. The average molecular weight is 290 g/mol. The van der Waals surface area contributed by atoms with E-state index < -0.39 is 12.3 Å². The molecule has 0 fully saturated rings. The summed E-state index contributed by atoms with van der Waals surface area (Å²) >= 11 is 0. The van der Waals surface area contributed by atoms with E-state index in [9.17, 15) is 14.8 Å². The molecule has 3 nitrogen and oxygen atoms in total. The molecule has 2 aromatic carbocycles. The van der Waals surface area contributed by atoms with E-state index in [4.69, 9.17) is 0 Å². The molecule has 0 aliphatic rings. The van der Waals surface area contributed by atoms with Crippen LogP contribution in [0.25, 0.3) is 0 Å². The Hall–Kier alpha value is -1.73. The average Bonchev–Trinajstić information content (AvgIpc) is 2.38. The second-order valence-corrected chi connectivity index (χ2v) is 9.41. The summed E-state index contributed by atoms with van der Waals surface area (Å²) in [5.74, 6) is 0.305. The van der Waals surface area contributed by atoms with Crippen LogP contribution >= 0.6 is 7.14 Å². The van der Waals surface area contributed by atoms with Crippen LogP contribution in [0.1, 0.15) is 20.8 Å². The fraction of sp³-hybridized carbons (Fsp3) is 0.250. The number of benzene rings is 2. The molecule has 0 heterocycles. The van der Waals surface area contributed by atoms with E-state index in [1.165, 1.54) is 0 Å². The van der Waals surface area contributed by atoms with E-state index in [0.29, 0.717) is 10.6 Å². The van der Waals surface area contributed by atoms with E-state index in [-0.39, 0.29) is 11.5 Å². The summed E-state index contributed by atoms with van der Waals surface area (Å²) in [5.41, 5.74) is 0. The Morgan fingerprint density at radius 3 is 1.30 bits per heavy atom. The summed E-state index contributed by atoms with van der Waals surface area (Å²) < 4.78 is 13.7. The summed E-state index contributed by atoms with van der Waals surface area (Å²) in [6.45, 7) is 5.81. The molecule has 0 bridgehead atoms. The minimum absolute atomic E-state index is 0.153. The van der Waals surface area contributed by atoms with Crippen LogP contribution in [0.5, 0.6) is 11.5 Å². The van der Waals surface area contributed by atoms with Crippen molar-refractivity contribution in [2.45, 2.75) is 25.9 Å². The van der Waals surface area contributed by atoms with Gasteiger partial charge in [-0.15, -0.1) is 0 Å². The third-order valence-corrected chi connectivity index (χ3v) is 7.31. The van der Waals surface area contributed by atoms with Crippen molar-refractivity contribution in [3.63, 3.8) is 0 Å². The van der Waals surface area contributed by atoms with Gasteiger partial charge in [0, 0.05) is 15.8 Å². The standard InChI is InChI=1S/C16H19O3P/c1-16(2,3)20(19,14-8-4-12(17)5-9-14)15-10-6-13(18)7-11-15/h4-11,17-18H,1-3H3. The number of phenolic OH excluding ortho intramolecular Hbond substituents is 2.